The third kappa shape index (κ3) is 2.69. The summed E-state index contributed by atoms with van der Waals surface area (Å²) in [6.07, 6.45) is -5.35. The molecule has 1 rings (SSSR count). The van der Waals surface area contributed by atoms with Crippen molar-refractivity contribution in [2.24, 2.45) is 5.92 Å². The van der Waals surface area contributed by atoms with Crippen molar-refractivity contribution in [3.8, 4) is 0 Å². The number of rotatable bonds is 4. The van der Waals surface area contributed by atoms with Crippen molar-refractivity contribution in [1.29, 1.82) is 0 Å². The Hall–Kier alpha value is -1.73. The van der Waals surface area contributed by atoms with Gasteiger partial charge in [0.15, 0.2) is 5.54 Å². The molecule has 0 saturated heterocycles. The molecule has 0 aromatic rings. The molecule has 0 aliphatic heterocycles. The average molecular weight is 253 g/mol. The van der Waals surface area contributed by atoms with Crippen molar-refractivity contribution in [2.45, 2.75) is 18.1 Å². The van der Waals surface area contributed by atoms with Gasteiger partial charge >= 0.3 is 18.2 Å². The zero-order valence-electron chi connectivity index (χ0n) is 8.58. The van der Waals surface area contributed by atoms with Gasteiger partial charge in [0.05, 0.1) is 5.92 Å². The first-order valence-electron chi connectivity index (χ1n) is 4.60. The minimum atomic E-state index is -4.66. The van der Waals surface area contributed by atoms with E-state index in [9.17, 15) is 22.8 Å². The standard InChI is InChI=1S/C9H10F3NO4/c1-2-3-17-7(16)13-8(6(14)15)4-5(8)9(10,11)12/h2,5H,1,3-4H2,(H,13,16)(H,14,15)/t5-,8-/m0/s1. The van der Waals surface area contributed by atoms with Gasteiger partial charge in [-0.05, 0) is 6.42 Å². The van der Waals surface area contributed by atoms with Crippen LogP contribution in [0.3, 0.4) is 0 Å². The molecule has 0 unspecified atom stereocenters. The second-order valence-electron chi connectivity index (χ2n) is 3.59. The van der Waals surface area contributed by atoms with Gasteiger partial charge in [-0.25, -0.2) is 9.59 Å². The second kappa shape index (κ2) is 4.27. The van der Waals surface area contributed by atoms with Crippen LogP contribution in [-0.4, -0.2) is 35.5 Å². The maximum Gasteiger partial charge on any atom is 0.408 e. The zero-order chi connectivity index (χ0) is 13.3. The normalized spacial score (nSPS) is 27.1. The largest absolute Gasteiger partial charge is 0.479 e. The lowest BCUT2D eigenvalue weighted by molar-refractivity contribution is -0.163. The Morgan fingerprint density at radius 2 is 2.18 bits per heavy atom. The third-order valence-electron chi connectivity index (χ3n) is 2.39. The maximum atomic E-state index is 12.3. The molecular weight excluding hydrogens is 243 g/mol. The minimum Gasteiger partial charge on any atom is -0.479 e. The molecule has 17 heavy (non-hydrogen) atoms. The van der Waals surface area contributed by atoms with Crippen molar-refractivity contribution in [2.75, 3.05) is 6.61 Å². The number of amides is 1. The molecule has 0 spiro atoms. The number of nitrogens with one attached hydrogen (secondary N) is 1. The van der Waals surface area contributed by atoms with Crippen molar-refractivity contribution in [3.05, 3.63) is 12.7 Å². The highest BCUT2D eigenvalue weighted by Crippen LogP contribution is 2.53. The number of hydrogen-bond acceptors (Lipinski definition) is 3. The van der Waals surface area contributed by atoms with Gasteiger partial charge < -0.3 is 15.2 Å². The molecule has 0 heterocycles. The minimum absolute atomic E-state index is 0.210. The van der Waals surface area contributed by atoms with Gasteiger partial charge in [0, 0.05) is 0 Å². The first-order valence-corrected chi connectivity index (χ1v) is 4.60. The molecule has 1 amide bonds. The van der Waals surface area contributed by atoms with E-state index < -0.39 is 36.1 Å². The van der Waals surface area contributed by atoms with Crippen molar-refractivity contribution < 1.29 is 32.6 Å². The van der Waals surface area contributed by atoms with E-state index in [0.29, 0.717) is 0 Å². The highest BCUT2D eigenvalue weighted by molar-refractivity contribution is 5.88. The number of aliphatic carboxylic acids is 1. The lowest BCUT2D eigenvalue weighted by Crippen LogP contribution is -2.47. The van der Waals surface area contributed by atoms with Gasteiger partial charge in [-0.3, -0.25) is 0 Å². The molecule has 96 valence electrons. The van der Waals surface area contributed by atoms with E-state index in [4.69, 9.17) is 5.11 Å². The van der Waals surface area contributed by atoms with Gasteiger partial charge in [0.1, 0.15) is 6.61 Å². The number of carbonyl (C=O) groups is 2. The molecule has 1 saturated carbocycles. The van der Waals surface area contributed by atoms with E-state index in [-0.39, 0.29) is 6.61 Å². The molecule has 2 N–H and O–H groups in total. The molecule has 2 atom stereocenters. The molecule has 0 radical (unpaired) electrons. The monoisotopic (exact) mass is 253 g/mol. The van der Waals surface area contributed by atoms with Crippen LogP contribution < -0.4 is 5.32 Å². The highest BCUT2D eigenvalue weighted by atomic mass is 19.4. The Labute approximate surface area is 94.2 Å². The van der Waals surface area contributed by atoms with Gasteiger partial charge in [-0.2, -0.15) is 13.2 Å². The van der Waals surface area contributed by atoms with Crippen molar-refractivity contribution in [3.63, 3.8) is 0 Å². The van der Waals surface area contributed by atoms with Crippen LogP contribution in [0.25, 0.3) is 0 Å². The second-order valence-corrected chi connectivity index (χ2v) is 3.59. The van der Waals surface area contributed by atoms with E-state index in [1.165, 1.54) is 6.08 Å². The number of alkyl carbamates (subject to hydrolysis) is 1. The van der Waals surface area contributed by atoms with Crippen LogP contribution in [0.2, 0.25) is 0 Å². The number of carboxylic acids is 1. The summed E-state index contributed by atoms with van der Waals surface area (Å²) in [4.78, 5) is 21.8. The summed E-state index contributed by atoms with van der Waals surface area (Å²) < 4.78 is 41.4. The number of carbonyl (C=O) groups excluding carboxylic acids is 1. The molecule has 1 fully saturated rings. The van der Waals surface area contributed by atoms with Crippen molar-refractivity contribution in [1.82, 2.24) is 5.32 Å². The van der Waals surface area contributed by atoms with E-state index in [2.05, 4.69) is 11.3 Å². The lowest BCUT2D eigenvalue weighted by atomic mass is 10.2. The van der Waals surface area contributed by atoms with Gasteiger partial charge in [0.2, 0.25) is 0 Å². The number of halogens is 3. The molecular formula is C9H10F3NO4. The highest BCUT2D eigenvalue weighted by Gasteiger charge is 2.72. The summed E-state index contributed by atoms with van der Waals surface area (Å²) in [5, 5.41) is 10.5. The first-order chi connectivity index (χ1) is 7.74. The number of alkyl halides is 3. The molecule has 1 aliphatic carbocycles. The quantitative estimate of drug-likeness (QED) is 0.740. The van der Waals surface area contributed by atoms with Crippen LogP contribution in [-0.2, 0) is 9.53 Å². The molecule has 1 aliphatic rings. The van der Waals surface area contributed by atoms with Crippen LogP contribution in [0.1, 0.15) is 6.42 Å². The van der Waals surface area contributed by atoms with E-state index >= 15 is 0 Å². The molecule has 0 aromatic heterocycles. The van der Waals surface area contributed by atoms with Crippen LogP contribution in [0.4, 0.5) is 18.0 Å². The SMILES string of the molecule is C=CCOC(=O)N[C@@]1(C(=O)O)C[C@@H]1C(F)(F)F. The summed E-state index contributed by atoms with van der Waals surface area (Å²) in [6.45, 7) is 3.02. The number of hydrogen-bond donors (Lipinski definition) is 2. The fourth-order valence-electron chi connectivity index (χ4n) is 1.44. The smallest absolute Gasteiger partial charge is 0.408 e. The fraction of sp³-hybridized carbons (Fsp3) is 0.556. The Morgan fingerprint density at radius 1 is 1.59 bits per heavy atom. The Morgan fingerprint density at radius 3 is 2.53 bits per heavy atom. The van der Waals surface area contributed by atoms with Crippen LogP contribution in [0, 0.1) is 5.92 Å². The predicted octanol–water partition coefficient (Wildman–Crippen LogP) is 1.30. The Balaban J connectivity index is 2.68. The van der Waals surface area contributed by atoms with E-state index in [1.807, 2.05) is 0 Å². The average Bonchev–Trinajstić information content (AvgIpc) is 2.90. The Kier molecular flexibility index (Phi) is 3.35. The summed E-state index contributed by atoms with van der Waals surface area (Å²) in [5.41, 5.74) is -2.30. The van der Waals surface area contributed by atoms with E-state index in [0.717, 1.165) is 0 Å². The molecule has 8 heteroatoms. The fourth-order valence-corrected chi connectivity index (χ4v) is 1.44. The topological polar surface area (TPSA) is 75.6 Å². The van der Waals surface area contributed by atoms with Crippen LogP contribution in [0.15, 0.2) is 12.7 Å². The molecule has 5 nitrogen and oxygen atoms in total. The predicted molar refractivity (Wildman–Crippen MR) is 49.2 cm³/mol. The maximum absolute atomic E-state index is 12.3. The summed E-state index contributed by atoms with van der Waals surface area (Å²) in [5.74, 6) is -3.81. The first kappa shape index (κ1) is 13.3. The Bertz CT molecular complexity index is 355. The van der Waals surface area contributed by atoms with Gasteiger partial charge in [-0.15, -0.1) is 0 Å². The zero-order valence-corrected chi connectivity index (χ0v) is 8.58. The van der Waals surface area contributed by atoms with Gasteiger partial charge in [0.25, 0.3) is 0 Å². The van der Waals surface area contributed by atoms with Gasteiger partial charge in [-0.1, -0.05) is 12.7 Å². The lowest BCUT2D eigenvalue weighted by Gasteiger charge is -2.15. The summed E-state index contributed by atoms with van der Waals surface area (Å²) in [7, 11) is 0. The van der Waals surface area contributed by atoms with Crippen molar-refractivity contribution >= 4 is 12.1 Å². The molecule has 0 aromatic carbocycles. The summed E-state index contributed by atoms with van der Waals surface area (Å²) >= 11 is 0. The number of ether oxygens (including phenoxy) is 1. The summed E-state index contributed by atoms with van der Waals surface area (Å²) in [6, 6.07) is 0. The number of carboxylic acid groups (broad SMARTS) is 1. The van der Waals surface area contributed by atoms with Crippen LogP contribution >= 0.6 is 0 Å². The third-order valence-corrected chi connectivity index (χ3v) is 2.39. The molecule has 0 bridgehead atoms. The van der Waals surface area contributed by atoms with Crippen LogP contribution in [0.5, 0.6) is 0 Å². The van der Waals surface area contributed by atoms with E-state index in [1.54, 1.807) is 5.32 Å².